The van der Waals surface area contributed by atoms with Gasteiger partial charge >= 0.3 is 0 Å². The van der Waals surface area contributed by atoms with Gasteiger partial charge in [0, 0.05) is 30.5 Å². The second-order valence-corrected chi connectivity index (χ2v) is 7.90. The molecule has 2 aliphatic carbocycles. The number of thiazole rings is 1. The van der Waals surface area contributed by atoms with Crippen LogP contribution in [-0.2, 0) is 0 Å². The highest BCUT2D eigenvalue weighted by Crippen LogP contribution is 2.39. The summed E-state index contributed by atoms with van der Waals surface area (Å²) in [6.45, 7) is 0.246. The Balaban J connectivity index is 1.51. The summed E-state index contributed by atoms with van der Waals surface area (Å²) in [4.78, 5) is 26.8. The highest BCUT2D eigenvalue weighted by molar-refractivity contribution is 7.13. The van der Waals surface area contributed by atoms with E-state index in [2.05, 4.69) is 20.3 Å². The number of carbonyl (C=O) groups excluding carboxylic acids is 1. The standard InChI is InChI=1S/C18H22N4O2S/c23-9-11-1-5-13(6-2-11)20-18(24)15-7-14(12-3-4-12)21-17(22-15)16-8-19-10-25-16/h7-8,10-13,23H,1-6,9H2,(H,20,24). The summed E-state index contributed by atoms with van der Waals surface area (Å²) in [5.74, 6) is 1.32. The average Bonchev–Trinajstić information content (AvgIpc) is 3.36. The molecule has 4 rings (SSSR count). The number of aliphatic hydroxyl groups excluding tert-OH is 1. The predicted octanol–water partition coefficient (Wildman–Crippen LogP) is 2.76. The van der Waals surface area contributed by atoms with Gasteiger partial charge in [0.15, 0.2) is 5.82 Å². The number of rotatable bonds is 5. The van der Waals surface area contributed by atoms with E-state index < -0.39 is 0 Å². The topological polar surface area (TPSA) is 88.0 Å². The fourth-order valence-corrected chi connectivity index (χ4v) is 3.91. The Bertz CT molecular complexity index is 738. The van der Waals surface area contributed by atoms with Crippen molar-refractivity contribution in [2.24, 2.45) is 5.92 Å². The van der Waals surface area contributed by atoms with Crippen molar-refractivity contribution in [1.29, 1.82) is 0 Å². The van der Waals surface area contributed by atoms with Crippen LogP contribution in [0.1, 0.15) is 60.6 Å². The second kappa shape index (κ2) is 7.17. The lowest BCUT2D eigenvalue weighted by Crippen LogP contribution is -2.38. The number of aromatic nitrogens is 3. The zero-order valence-electron chi connectivity index (χ0n) is 14.0. The van der Waals surface area contributed by atoms with E-state index in [1.54, 1.807) is 11.7 Å². The molecule has 0 radical (unpaired) electrons. The first-order chi connectivity index (χ1) is 12.2. The molecule has 2 heterocycles. The maximum Gasteiger partial charge on any atom is 0.270 e. The van der Waals surface area contributed by atoms with E-state index in [0.29, 0.717) is 23.4 Å². The van der Waals surface area contributed by atoms with Gasteiger partial charge in [-0.1, -0.05) is 0 Å². The van der Waals surface area contributed by atoms with Crippen molar-refractivity contribution < 1.29 is 9.90 Å². The van der Waals surface area contributed by atoms with Gasteiger partial charge in [0.2, 0.25) is 0 Å². The molecule has 2 aliphatic rings. The summed E-state index contributed by atoms with van der Waals surface area (Å²) >= 11 is 1.48. The van der Waals surface area contributed by atoms with Gasteiger partial charge in [0.05, 0.1) is 10.4 Å². The molecule has 25 heavy (non-hydrogen) atoms. The molecule has 6 nitrogen and oxygen atoms in total. The van der Waals surface area contributed by atoms with Crippen LogP contribution in [0.25, 0.3) is 10.7 Å². The SMILES string of the molecule is O=C(NC1CCC(CO)CC1)c1cc(C2CC2)nc(-c2cncs2)n1. The van der Waals surface area contributed by atoms with Gasteiger partial charge in [0.1, 0.15) is 5.69 Å². The highest BCUT2D eigenvalue weighted by Gasteiger charge is 2.28. The van der Waals surface area contributed by atoms with Crippen LogP contribution < -0.4 is 5.32 Å². The molecule has 2 aromatic rings. The monoisotopic (exact) mass is 358 g/mol. The summed E-state index contributed by atoms with van der Waals surface area (Å²) < 4.78 is 0. The minimum atomic E-state index is -0.123. The van der Waals surface area contributed by atoms with Crippen molar-refractivity contribution in [1.82, 2.24) is 20.3 Å². The lowest BCUT2D eigenvalue weighted by atomic mass is 9.86. The minimum Gasteiger partial charge on any atom is -0.396 e. The third-order valence-corrected chi connectivity index (χ3v) is 5.84. The Labute approximate surface area is 150 Å². The lowest BCUT2D eigenvalue weighted by molar-refractivity contribution is 0.0908. The molecule has 2 saturated carbocycles. The van der Waals surface area contributed by atoms with E-state index in [-0.39, 0.29) is 18.6 Å². The van der Waals surface area contributed by atoms with Crippen LogP contribution in [0.2, 0.25) is 0 Å². The van der Waals surface area contributed by atoms with Crippen LogP contribution in [0, 0.1) is 5.92 Å². The molecule has 7 heteroatoms. The molecule has 1 amide bonds. The van der Waals surface area contributed by atoms with Gasteiger partial charge in [-0.05, 0) is 50.5 Å². The normalized spacial score (nSPS) is 23.4. The van der Waals surface area contributed by atoms with E-state index in [1.807, 2.05) is 6.07 Å². The molecule has 0 atom stereocenters. The second-order valence-electron chi connectivity index (χ2n) is 7.02. The third-order valence-electron chi connectivity index (χ3n) is 5.07. The van der Waals surface area contributed by atoms with Crippen LogP contribution in [0.3, 0.4) is 0 Å². The van der Waals surface area contributed by atoms with Crippen LogP contribution >= 0.6 is 11.3 Å². The van der Waals surface area contributed by atoms with Gasteiger partial charge < -0.3 is 10.4 Å². The van der Waals surface area contributed by atoms with E-state index in [1.165, 1.54) is 11.3 Å². The van der Waals surface area contributed by atoms with E-state index >= 15 is 0 Å². The van der Waals surface area contributed by atoms with Crippen molar-refractivity contribution in [3.63, 3.8) is 0 Å². The number of nitrogens with zero attached hydrogens (tertiary/aromatic N) is 3. The predicted molar refractivity (Wildman–Crippen MR) is 95.4 cm³/mol. The molecule has 2 aromatic heterocycles. The minimum absolute atomic E-state index is 0.123. The van der Waals surface area contributed by atoms with Gasteiger partial charge in [-0.2, -0.15) is 0 Å². The number of hydrogen-bond acceptors (Lipinski definition) is 6. The van der Waals surface area contributed by atoms with Crippen molar-refractivity contribution in [2.45, 2.75) is 50.5 Å². The molecule has 0 bridgehead atoms. The summed E-state index contributed by atoms with van der Waals surface area (Å²) in [7, 11) is 0. The molecule has 0 aromatic carbocycles. The Morgan fingerprint density at radius 2 is 2.00 bits per heavy atom. The molecule has 0 aliphatic heterocycles. The first-order valence-corrected chi connectivity index (χ1v) is 9.80. The van der Waals surface area contributed by atoms with Gasteiger partial charge in [-0.25, -0.2) is 9.97 Å². The van der Waals surface area contributed by atoms with E-state index in [4.69, 9.17) is 0 Å². The lowest BCUT2D eigenvalue weighted by Gasteiger charge is -2.27. The largest absolute Gasteiger partial charge is 0.396 e. The van der Waals surface area contributed by atoms with Crippen LogP contribution in [0.4, 0.5) is 0 Å². The summed E-state index contributed by atoms with van der Waals surface area (Å²) in [5.41, 5.74) is 3.17. The fraction of sp³-hybridized carbons (Fsp3) is 0.556. The third kappa shape index (κ3) is 3.88. The molecule has 2 fully saturated rings. The van der Waals surface area contributed by atoms with E-state index in [9.17, 15) is 9.90 Å². The van der Waals surface area contributed by atoms with Gasteiger partial charge in [0.25, 0.3) is 5.91 Å². The Morgan fingerprint density at radius 1 is 1.20 bits per heavy atom. The number of carbonyl (C=O) groups is 1. The summed E-state index contributed by atoms with van der Waals surface area (Å²) in [6.07, 6.45) is 7.76. The first-order valence-electron chi connectivity index (χ1n) is 8.92. The zero-order chi connectivity index (χ0) is 17.2. The highest BCUT2D eigenvalue weighted by atomic mass is 32.1. The molecule has 132 valence electrons. The van der Waals surface area contributed by atoms with Gasteiger partial charge in [-0.15, -0.1) is 11.3 Å². The Kier molecular flexibility index (Phi) is 4.76. The number of hydrogen-bond donors (Lipinski definition) is 2. The Hall–Kier alpha value is -1.86. The number of amides is 1. The maximum absolute atomic E-state index is 12.7. The molecular weight excluding hydrogens is 336 g/mol. The molecule has 0 spiro atoms. The molecule has 0 saturated heterocycles. The molecule has 2 N–H and O–H groups in total. The van der Waals surface area contributed by atoms with Crippen LogP contribution in [-0.4, -0.2) is 38.6 Å². The smallest absolute Gasteiger partial charge is 0.270 e. The number of nitrogens with one attached hydrogen (secondary N) is 1. The first kappa shape index (κ1) is 16.6. The Morgan fingerprint density at radius 3 is 2.64 bits per heavy atom. The number of aliphatic hydroxyl groups is 1. The van der Waals surface area contributed by atoms with Gasteiger partial charge in [-0.3, -0.25) is 9.78 Å². The van der Waals surface area contributed by atoms with Crippen molar-refractivity contribution in [3.05, 3.63) is 29.2 Å². The molecular formula is C18H22N4O2S. The fourth-order valence-electron chi connectivity index (χ4n) is 3.36. The van der Waals surface area contributed by atoms with Crippen molar-refractivity contribution >= 4 is 17.2 Å². The maximum atomic E-state index is 12.7. The molecule has 0 unspecified atom stereocenters. The zero-order valence-corrected chi connectivity index (χ0v) is 14.8. The summed E-state index contributed by atoms with van der Waals surface area (Å²) in [5, 5.41) is 12.4. The average molecular weight is 358 g/mol. The van der Waals surface area contributed by atoms with Crippen LogP contribution in [0.15, 0.2) is 17.8 Å². The quantitative estimate of drug-likeness (QED) is 0.858. The van der Waals surface area contributed by atoms with Crippen LogP contribution in [0.5, 0.6) is 0 Å². The van der Waals surface area contributed by atoms with Crippen molar-refractivity contribution in [3.8, 4) is 10.7 Å². The summed E-state index contributed by atoms with van der Waals surface area (Å²) in [6, 6.07) is 2.01. The van der Waals surface area contributed by atoms with E-state index in [0.717, 1.165) is 49.1 Å². The van der Waals surface area contributed by atoms with Crippen molar-refractivity contribution in [2.75, 3.05) is 6.61 Å².